The third-order valence-corrected chi connectivity index (χ3v) is 0.633. The lowest BCUT2D eigenvalue weighted by Crippen LogP contribution is -2.23. The highest BCUT2D eigenvalue weighted by Crippen LogP contribution is 2.01. The zero-order valence-corrected chi connectivity index (χ0v) is 3.74. The number of carbonyl (C=O) groups excluding carboxylic acids is 2. The van der Waals surface area contributed by atoms with Gasteiger partial charge in [-0.3, -0.25) is 4.81 Å². The van der Waals surface area contributed by atoms with Gasteiger partial charge in [-0.25, -0.2) is 9.59 Å². The molecule has 0 fully saturated rings. The van der Waals surface area contributed by atoms with Gasteiger partial charge in [0.2, 0.25) is 7.98 Å². The Labute approximate surface area is 45.8 Å². The summed E-state index contributed by atoms with van der Waals surface area (Å²) in [5.74, 6) is 0. The van der Waals surface area contributed by atoms with Crippen LogP contribution in [0.25, 0.3) is 0 Å². The Bertz CT molecular complexity index is 158. The summed E-state index contributed by atoms with van der Waals surface area (Å²) >= 11 is 0. The summed E-state index contributed by atoms with van der Waals surface area (Å²) in [6.07, 6.45) is 0. The van der Waals surface area contributed by atoms with E-state index in [1.165, 1.54) is 0 Å². The van der Waals surface area contributed by atoms with Crippen LogP contribution in [0.15, 0.2) is 10.2 Å². The second kappa shape index (κ2) is 1.39. The highest BCUT2D eigenvalue weighted by molar-refractivity contribution is 6.25. The van der Waals surface area contributed by atoms with E-state index in [2.05, 4.69) is 10.2 Å². The van der Waals surface area contributed by atoms with Crippen molar-refractivity contribution in [1.82, 2.24) is 4.81 Å². The Morgan fingerprint density at radius 2 is 1.62 bits per heavy atom. The molecule has 0 saturated heterocycles. The number of imide groups is 1. The van der Waals surface area contributed by atoms with Gasteiger partial charge in [0.05, 0.1) is 0 Å². The summed E-state index contributed by atoms with van der Waals surface area (Å²) in [6, 6.07) is -1.65. The Kier molecular flexibility index (Phi) is 0.863. The summed E-state index contributed by atoms with van der Waals surface area (Å²) in [5, 5.41) is 5.67. The third-order valence-electron chi connectivity index (χ3n) is 0.633. The predicted octanol–water partition coefficient (Wildman–Crippen LogP) is 0.0777. The zero-order chi connectivity index (χ0) is 6.15. The van der Waals surface area contributed by atoms with Crippen molar-refractivity contribution >= 4 is 20.0 Å². The molecular formula is C2BN3O2. The zero-order valence-electron chi connectivity index (χ0n) is 3.74. The molecule has 0 unspecified atom stereocenters. The standard InChI is InChI=1S/C2BN3O2/c3-6-1(7)4-5-2(6)8. The van der Waals surface area contributed by atoms with E-state index in [1.807, 2.05) is 0 Å². The minimum atomic E-state index is -0.824. The van der Waals surface area contributed by atoms with Crippen LogP contribution in [0.4, 0.5) is 9.59 Å². The van der Waals surface area contributed by atoms with Crippen molar-refractivity contribution in [3.05, 3.63) is 0 Å². The van der Waals surface area contributed by atoms with E-state index < -0.39 is 12.1 Å². The van der Waals surface area contributed by atoms with E-state index in [1.54, 1.807) is 0 Å². The van der Waals surface area contributed by atoms with Crippen LogP contribution in [0.3, 0.4) is 0 Å². The van der Waals surface area contributed by atoms with Crippen molar-refractivity contribution in [1.29, 1.82) is 0 Å². The van der Waals surface area contributed by atoms with Crippen LogP contribution in [-0.2, 0) is 0 Å². The Balaban J connectivity index is 2.84. The van der Waals surface area contributed by atoms with Gasteiger partial charge in [-0.1, -0.05) is 10.2 Å². The second-order valence-electron chi connectivity index (χ2n) is 1.14. The van der Waals surface area contributed by atoms with Crippen molar-refractivity contribution in [2.24, 2.45) is 10.2 Å². The molecule has 0 bridgehead atoms. The summed E-state index contributed by atoms with van der Waals surface area (Å²) < 4.78 is 0. The molecule has 1 heterocycles. The number of azo groups is 1. The second-order valence-corrected chi connectivity index (χ2v) is 1.14. The van der Waals surface area contributed by atoms with E-state index in [0.717, 1.165) is 0 Å². The normalized spacial score (nSPS) is 18.2. The van der Waals surface area contributed by atoms with Gasteiger partial charge in [0.1, 0.15) is 0 Å². The quantitative estimate of drug-likeness (QED) is 0.413. The lowest BCUT2D eigenvalue weighted by molar-refractivity contribution is 0.226. The molecule has 0 aromatic rings. The van der Waals surface area contributed by atoms with Gasteiger partial charge in [-0.2, -0.15) is 0 Å². The van der Waals surface area contributed by atoms with Crippen molar-refractivity contribution in [2.75, 3.05) is 0 Å². The first-order valence-electron chi connectivity index (χ1n) is 1.76. The molecule has 0 saturated carbocycles. The molecule has 38 valence electrons. The number of nitrogens with zero attached hydrogens (tertiary/aromatic N) is 3. The van der Waals surface area contributed by atoms with Crippen LogP contribution < -0.4 is 0 Å². The molecule has 1 aliphatic heterocycles. The Morgan fingerprint density at radius 1 is 1.25 bits per heavy atom. The predicted molar refractivity (Wildman–Crippen MR) is 23.2 cm³/mol. The van der Waals surface area contributed by atoms with Gasteiger partial charge >= 0.3 is 12.1 Å². The van der Waals surface area contributed by atoms with Crippen LogP contribution in [0.5, 0.6) is 0 Å². The molecule has 1 aliphatic rings. The van der Waals surface area contributed by atoms with Crippen LogP contribution in [0.2, 0.25) is 0 Å². The molecule has 6 heteroatoms. The number of hydrogen-bond acceptors (Lipinski definition) is 2. The monoisotopic (exact) mass is 109 g/mol. The van der Waals surface area contributed by atoms with Gasteiger partial charge < -0.3 is 0 Å². The minimum absolute atomic E-state index is 0.333. The lowest BCUT2D eigenvalue weighted by atomic mass is 10.4. The topological polar surface area (TPSA) is 62.1 Å². The number of carbonyl (C=O) groups is 2. The molecule has 0 aromatic carbocycles. The highest BCUT2D eigenvalue weighted by Gasteiger charge is 2.20. The number of hydrogen-bond donors (Lipinski definition) is 0. The van der Waals surface area contributed by atoms with Crippen LogP contribution in [0, 0.1) is 0 Å². The molecule has 2 radical (unpaired) electrons. The average Bonchev–Trinajstić information content (AvgIpc) is 1.98. The first kappa shape index (κ1) is 4.95. The Hall–Kier alpha value is -1.20. The molecule has 0 atom stereocenters. The molecule has 5 nitrogen and oxygen atoms in total. The summed E-state index contributed by atoms with van der Waals surface area (Å²) in [6.45, 7) is 0. The molecule has 0 spiro atoms. The fourth-order valence-electron chi connectivity index (χ4n) is 0.264. The maximum Gasteiger partial charge on any atom is 0.357 e. The van der Waals surface area contributed by atoms with E-state index in [-0.39, 0.29) is 0 Å². The van der Waals surface area contributed by atoms with Crippen molar-refractivity contribution in [3.8, 4) is 0 Å². The number of amides is 4. The molecule has 4 amide bonds. The molecule has 8 heavy (non-hydrogen) atoms. The Morgan fingerprint density at radius 3 is 1.75 bits per heavy atom. The first-order valence-corrected chi connectivity index (χ1v) is 1.76. The minimum Gasteiger partial charge on any atom is -0.299 e. The van der Waals surface area contributed by atoms with Gasteiger partial charge in [0.25, 0.3) is 0 Å². The van der Waals surface area contributed by atoms with Crippen LogP contribution in [-0.4, -0.2) is 24.9 Å². The number of rotatable bonds is 0. The molecule has 0 aliphatic carbocycles. The highest BCUT2D eigenvalue weighted by atomic mass is 16.2. The summed E-state index contributed by atoms with van der Waals surface area (Å²) in [5.41, 5.74) is 0. The maximum atomic E-state index is 10.1. The fourth-order valence-corrected chi connectivity index (χ4v) is 0.264. The van der Waals surface area contributed by atoms with E-state index in [9.17, 15) is 9.59 Å². The van der Waals surface area contributed by atoms with E-state index >= 15 is 0 Å². The van der Waals surface area contributed by atoms with Crippen molar-refractivity contribution in [2.45, 2.75) is 0 Å². The van der Waals surface area contributed by atoms with E-state index in [0.29, 0.717) is 4.81 Å². The van der Waals surface area contributed by atoms with Gasteiger partial charge in [0, 0.05) is 0 Å². The molecular weight excluding hydrogens is 109 g/mol. The maximum absolute atomic E-state index is 10.1. The van der Waals surface area contributed by atoms with Gasteiger partial charge in [-0.05, 0) is 0 Å². The molecule has 1 rings (SSSR count). The van der Waals surface area contributed by atoms with E-state index in [4.69, 9.17) is 7.98 Å². The average molecular weight is 109 g/mol. The van der Waals surface area contributed by atoms with Gasteiger partial charge in [-0.15, -0.1) is 0 Å². The largest absolute Gasteiger partial charge is 0.357 e. The molecule has 0 N–H and O–H groups in total. The van der Waals surface area contributed by atoms with Crippen LogP contribution >= 0.6 is 0 Å². The fraction of sp³-hybridized carbons (Fsp3) is 0. The van der Waals surface area contributed by atoms with Crippen molar-refractivity contribution < 1.29 is 9.59 Å². The first-order chi connectivity index (χ1) is 3.72. The lowest BCUT2D eigenvalue weighted by Gasteiger charge is -1.96. The molecule has 0 aromatic heterocycles. The third kappa shape index (κ3) is 0.499. The summed E-state index contributed by atoms with van der Waals surface area (Å²) in [7, 11) is 4.77. The van der Waals surface area contributed by atoms with Crippen LogP contribution in [0.1, 0.15) is 0 Å². The summed E-state index contributed by atoms with van der Waals surface area (Å²) in [4.78, 5) is 20.5. The smallest absolute Gasteiger partial charge is 0.299 e. The van der Waals surface area contributed by atoms with Crippen molar-refractivity contribution in [3.63, 3.8) is 0 Å². The van der Waals surface area contributed by atoms with Gasteiger partial charge in [0.15, 0.2) is 0 Å². The SMILES string of the molecule is [B]N1C(=O)N=NC1=O. The number of urea groups is 2.